The second-order valence-corrected chi connectivity index (χ2v) is 5.17. The van der Waals surface area contributed by atoms with Crippen molar-refractivity contribution < 1.29 is 22.1 Å². The number of methoxy groups -OCH3 is 1. The number of ether oxygens (including phenoxy) is 1. The molecule has 0 bridgehead atoms. The van der Waals surface area contributed by atoms with E-state index in [2.05, 4.69) is 5.32 Å². The number of hydrogen-bond donors (Lipinski definition) is 1. The number of carbonyl (C=O) groups is 1. The number of amides is 1. The Hall–Kier alpha value is -1.60. The zero-order chi connectivity index (χ0) is 13.8. The molecule has 0 aliphatic heterocycles. The molecule has 1 aromatic carbocycles. The first-order valence-electron chi connectivity index (χ1n) is 5.11. The highest BCUT2D eigenvalue weighted by atomic mass is 32.2. The van der Waals surface area contributed by atoms with E-state index in [1.165, 1.54) is 14.2 Å². The van der Waals surface area contributed by atoms with Crippen LogP contribution in [0.5, 0.6) is 5.75 Å². The Kier molecular flexibility index (Phi) is 4.69. The molecule has 1 unspecified atom stereocenters. The summed E-state index contributed by atoms with van der Waals surface area (Å²) in [5, 5.41) is 2.36. The Bertz CT molecular complexity index is 509. The van der Waals surface area contributed by atoms with Gasteiger partial charge in [0, 0.05) is 7.05 Å². The molecule has 7 heteroatoms. The molecule has 1 aromatic rings. The lowest BCUT2D eigenvalue weighted by Crippen LogP contribution is -2.29. The SMILES string of the molecule is CNC(=O)C(OS(C)(=O)=O)c1ccc(OC)cc1. The molecule has 6 nitrogen and oxygen atoms in total. The van der Waals surface area contributed by atoms with Crippen molar-refractivity contribution in [2.24, 2.45) is 0 Å². The highest BCUT2D eigenvalue weighted by molar-refractivity contribution is 7.86. The van der Waals surface area contributed by atoms with E-state index >= 15 is 0 Å². The first kappa shape index (κ1) is 14.5. The number of rotatable bonds is 5. The molecular formula is C11H15NO5S. The van der Waals surface area contributed by atoms with E-state index in [1.54, 1.807) is 24.3 Å². The van der Waals surface area contributed by atoms with Crippen molar-refractivity contribution in [3.8, 4) is 5.75 Å². The first-order chi connectivity index (χ1) is 8.37. The van der Waals surface area contributed by atoms with Crippen LogP contribution in [-0.2, 0) is 19.1 Å². The van der Waals surface area contributed by atoms with Gasteiger partial charge in [-0.3, -0.25) is 8.98 Å². The third-order valence-corrected chi connectivity index (χ3v) is 2.72. The Balaban J connectivity index is 3.05. The van der Waals surface area contributed by atoms with Gasteiger partial charge in [0.2, 0.25) is 0 Å². The summed E-state index contributed by atoms with van der Waals surface area (Å²) < 4.78 is 32.0. The summed E-state index contributed by atoms with van der Waals surface area (Å²) in [5.41, 5.74) is 0.431. The minimum absolute atomic E-state index is 0.431. The summed E-state index contributed by atoms with van der Waals surface area (Å²) in [5.74, 6) is 0.0688. The zero-order valence-electron chi connectivity index (χ0n) is 10.3. The molecule has 100 valence electrons. The highest BCUT2D eigenvalue weighted by Crippen LogP contribution is 2.22. The number of benzene rings is 1. The zero-order valence-corrected chi connectivity index (χ0v) is 11.2. The van der Waals surface area contributed by atoms with Crippen LogP contribution in [-0.4, -0.2) is 34.7 Å². The minimum atomic E-state index is -3.73. The number of nitrogens with one attached hydrogen (secondary N) is 1. The fraction of sp³-hybridized carbons (Fsp3) is 0.364. The van der Waals surface area contributed by atoms with Crippen LogP contribution < -0.4 is 10.1 Å². The van der Waals surface area contributed by atoms with Crippen LogP contribution in [0.2, 0.25) is 0 Å². The lowest BCUT2D eigenvalue weighted by atomic mass is 10.1. The lowest BCUT2D eigenvalue weighted by molar-refractivity contribution is -0.127. The van der Waals surface area contributed by atoms with Gasteiger partial charge in [-0.25, -0.2) is 0 Å². The van der Waals surface area contributed by atoms with Gasteiger partial charge < -0.3 is 10.1 Å². The van der Waals surface area contributed by atoms with Crippen LogP contribution in [0.4, 0.5) is 0 Å². The highest BCUT2D eigenvalue weighted by Gasteiger charge is 2.24. The maximum atomic E-state index is 11.6. The standard InChI is InChI=1S/C11H15NO5S/c1-12-11(13)10(17-18(3,14)15)8-4-6-9(16-2)7-5-8/h4-7,10H,1-3H3,(H,12,13). The van der Waals surface area contributed by atoms with Crippen molar-refractivity contribution in [2.45, 2.75) is 6.10 Å². The predicted molar refractivity (Wildman–Crippen MR) is 65.7 cm³/mol. The van der Waals surface area contributed by atoms with Gasteiger partial charge in [0.1, 0.15) is 5.75 Å². The van der Waals surface area contributed by atoms with Crippen LogP contribution >= 0.6 is 0 Å². The fourth-order valence-corrected chi connectivity index (χ4v) is 1.88. The Morgan fingerprint density at radius 1 is 1.28 bits per heavy atom. The molecular weight excluding hydrogens is 258 g/mol. The third-order valence-electron chi connectivity index (χ3n) is 2.17. The van der Waals surface area contributed by atoms with E-state index in [0.29, 0.717) is 11.3 Å². The van der Waals surface area contributed by atoms with Gasteiger partial charge >= 0.3 is 0 Å². The molecule has 0 saturated heterocycles. The minimum Gasteiger partial charge on any atom is -0.497 e. The number of carbonyl (C=O) groups excluding carboxylic acids is 1. The second kappa shape index (κ2) is 5.83. The van der Waals surface area contributed by atoms with Crippen LogP contribution in [0.3, 0.4) is 0 Å². The average Bonchev–Trinajstić information content (AvgIpc) is 2.34. The van der Waals surface area contributed by atoms with Crippen molar-refractivity contribution in [3.05, 3.63) is 29.8 Å². The van der Waals surface area contributed by atoms with Crippen LogP contribution in [0.1, 0.15) is 11.7 Å². The Labute approximate surface area is 106 Å². The molecule has 0 heterocycles. The maximum Gasteiger partial charge on any atom is 0.265 e. The Morgan fingerprint density at radius 2 is 1.83 bits per heavy atom. The maximum absolute atomic E-state index is 11.6. The number of hydrogen-bond acceptors (Lipinski definition) is 5. The van der Waals surface area contributed by atoms with Gasteiger partial charge in [-0.05, 0) is 17.7 Å². The molecule has 1 atom stereocenters. The van der Waals surface area contributed by atoms with Crippen molar-refractivity contribution >= 4 is 16.0 Å². The van der Waals surface area contributed by atoms with E-state index in [4.69, 9.17) is 8.92 Å². The second-order valence-electron chi connectivity index (χ2n) is 3.57. The number of likely N-dealkylation sites (N-methyl/N-ethyl adjacent to an activating group) is 1. The van der Waals surface area contributed by atoms with E-state index in [-0.39, 0.29) is 0 Å². The molecule has 0 aliphatic carbocycles. The Morgan fingerprint density at radius 3 is 2.22 bits per heavy atom. The largest absolute Gasteiger partial charge is 0.497 e. The molecule has 1 N–H and O–H groups in total. The molecule has 0 aromatic heterocycles. The van der Waals surface area contributed by atoms with Gasteiger partial charge in [-0.2, -0.15) is 8.42 Å². The summed E-state index contributed by atoms with van der Waals surface area (Å²) in [6.45, 7) is 0. The lowest BCUT2D eigenvalue weighted by Gasteiger charge is -2.15. The molecule has 0 fully saturated rings. The fourth-order valence-electron chi connectivity index (χ4n) is 1.34. The predicted octanol–water partition coefficient (Wildman–Crippen LogP) is 0.458. The normalized spacial score (nSPS) is 12.8. The molecule has 0 radical (unpaired) electrons. The first-order valence-corrected chi connectivity index (χ1v) is 6.93. The summed E-state index contributed by atoms with van der Waals surface area (Å²) in [6, 6.07) is 6.39. The summed E-state index contributed by atoms with van der Waals surface area (Å²) in [7, 11) is -0.815. The summed E-state index contributed by atoms with van der Waals surface area (Å²) >= 11 is 0. The van der Waals surface area contributed by atoms with Crippen molar-refractivity contribution in [1.29, 1.82) is 0 Å². The summed E-state index contributed by atoms with van der Waals surface area (Å²) in [4.78, 5) is 11.6. The van der Waals surface area contributed by atoms with Crippen LogP contribution in [0.25, 0.3) is 0 Å². The van der Waals surface area contributed by atoms with E-state index in [0.717, 1.165) is 6.26 Å². The van der Waals surface area contributed by atoms with Crippen molar-refractivity contribution in [1.82, 2.24) is 5.32 Å². The molecule has 18 heavy (non-hydrogen) atoms. The molecule has 0 saturated carbocycles. The van der Waals surface area contributed by atoms with Gasteiger partial charge in [0.25, 0.3) is 16.0 Å². The van der Waals surface area contributed by atoms with E-state index < -0.39 is 22.1 Å². The van der Waals surface area contributed by atoms with Crippen LogP contribution in [0, 0.1) is 0 Å². The average molecular weight is 273 g/mol. The van der Waals surface area contributed by atoms with Gasteiger partial charge in [-0.1, -0.05) is 12.1 Å². The molecule has 1 amide bonds. The third kappa shape index (κ3) is 4.01. The van der Waals surface area contributed by atoms with E-state index in [9.17, 15) is 13.2 Å². The monoisotopic (exact) mass is 273 g/mol. The summed E-state index contributed by atoms with van der Waals surface area (Å²) in [6.07, 6.45) is -0.303. The van der Waals surface area contributed by atoms with Gasteiger partial charge in [0.05, 0.1) is 13.4 Å². The topological polar surface area (TPSA) is 81.7 Å². The van der Waals surface area contributed by atoms with Crippen LogP contribution in [0.15, 0.2) is 24.3 Å². The van der Waals surface area contributed by atoms with Gasteiger partial charge in [0.15, 0.2) is 6.10 Å². The van der Waals surface area contributed by atoms with Gasteiger partial charge in [-0.15, -0.1) is 0 Å². The van der Waals surface area contributed by atoms with Crippen molar-refractivity contribution in [2.75, 3.05) is 20.4 Å². The molecule has 0 aliphatic rings. The molecule has 0 spiro atoms. The smallest absolute Gasteiger partial charge is 0.265 e. The molecule has 1 rings (SSSR count). The van der Waals surface area contributed by atoms with Crippen molar-refractivity contribution in [3.63, 3.8) is 0 Å². The quantitative estimate of drug-likeness (QED) is 0.788. The van der Waals surface area contributed by atoms with E-state index in [1.807, 2.05) is 0 Å².